The first-order valence-electron chi connectivity index (χ1n) is 6.98. The molecule has 0 aliphatic heterocycles. The van der Waals surface area contributed by atoms with Gasteiger partial charge in [0.15, 0.2) is 0 Å². The molecule has 0 saturated heterocycles. The highest BCUT2D eigenvalue weighted by Crippen LogP contribution is 2.17. The predicted molar refractivity (Wildman–Crippen MR) is 76.2 cm³/mol. The van der Waals surface area contributed by atoms with Crippen LogP contribution in [0.2, 0.25) is 0 Å². The minimum Gasteiger partial charge on any atom is -0.395 e. The number of aliphatic hydroxyl groups is 1. The van der Waals surface area contributed by atoms with Crippen LogP contribution in [-0.4, -0.2) is 29.2 Å². The quantitative estimate of drug-likeness (QED) is 0.760. The van der Waals surface area contributed by atoms with Crippen LogP contribution in [-0.2, 0) is 13.1 Å². The average molecular weight is 268 g/mol. The number of nitrogens with zero attached hydrogens (tertiary/aromatic N) is 1. The van der Waals surface area contributed by atoms with Crippen molar-refractivity contribution < 1.29 is 9.50 Å². The smallest absolute Gasteiger partial charge is 0.123 e. The van der Waals surface area contributed by atoms with Gasteiger partial charge in [0.1, 0.15) is 5.82 Å². The molecular formula is C15H25FN2O. The van der Waals surface area contributed by atoms with Gasteiger partial charge in [-0.15, -0.1) is 0 Å². The zero-order valence-electron chi connectivity index (χ0n) is 11.9. The molecule has 0 spiro atoms. The number of rotatable bonds is 8. The molecule has 3 N–H and O–H groups in total. The number of aliphatic hydroxyl groups excluding tert-OH is 1. The van der Waals surface area contributed by atoms with Crippen molar-refractivity contribution in [2.24, 2.45) is 5.73 Å². The third kappa shape index (κ3) is 4.56. The molecule has 0 fully saturated rings. The van der Waals surface area contributed by atoms with E-state index < -0.39 is 0 Å². The predicted octanol–water partition coefficient (Wildman–Crippen LogP) is 2.27. The number of hydrogen-bond donors (Lipinski definition) is 2. The molecule has 0 radical (unpaired) electrons. The van der Waals surface area contributed by atoms with Gasteiger partial charge in [0.2, 0.25) is 0 Å². The molecule has 1 rings (SSSR count). The molecule has 1 aromatic rings. The number of halogens is 1. The number of nitrogens with two attached hydrogens (primary N) is 1. The van der Waals surface area contributed by atoms with E-state index in [1.54, 1.807) is 12.1 Å². The summed E-state index contributed by atoms with van der Waals surface area (Å²) >= 11 is 0. The maximum Gasteiger partial charge on any atom is 0.123 e. The fraction of sp³-hybridized carbons (Fsp3) is 0.600. The van der Waals surface area contributed by atoms with E-state index in [1.165, 1.54) is 6.07 Å². The van der Waals surface area contributed by atoms with Crippen molar-refractivity contribution in [3.63, 3.8) is 0 Å². The summed E-state index contributed by atoms with van der Waals surface area (Å²) in [5.74, 6) is -0.235. The Bertz CT molecular complexity index is 380. The lowest BCUT2D eigenvalue weighted by atomic mass is 10.0. The Labute approximate surface area is 115 Å². The van der Waals surface area contributed by atoms with Crippen LogP contribution in [0.1, 0.15) is 37.8 Å². The molecule has 0 heterocycles. The van der Waals surface area contributed by atoms with Crippen LogP contribution < -0.4 is 5.73 Å². The highest BCUT2D eigenvalue weighted by Gasteiger charge is 2.16. The van der Waals surface area contributed by atoms with Gasteiger partial charge in [0.05, 0.1) is 6.61 Å². The zero-order chi connectivity index (χ0) is 14.3. The van der Waals surface area contributed by atoms with Crippen LogP contribution in [0.15, 0.2) is 18.2 Å². The molecule has 0 aromatic heterocycles. The third-order valence-electron chi connectivity index (χ3n) is 3.61. The Morgan fingerprint density at radius 2 is 1.95 bits per heavy atom. The summed E-state index contributed by atoms with van der Waals surface area (Å²) in [4.78, 5) is 2.20. The summed E-state index contributed by atoms with van der Waals surface area (Å²) in [5, 5.41) is 9.20. The molecule has 3 nitrogen and oxygen atoms in total. The van der Waals surface area contributed by atoms with Crippen molar-refractivity contribution in [1.29, 1.82) is 0 Å². The normalized spacial score (nSPS) is 11.5. The Balaban J connectivity index is 2.91. The van der Waals surface area contributed by atoms with Crippen molar-refractivity contribution in [3.05, 3.63) is 35.1 Å². The van der Waals surface area contributed by atoms with Crippen LogP contribution in [0.5, 0.6) is 0 Å². The fourth-order valence-corrected chi connectivity index (χ4v) is 2.48. The Morgan fingerprint density at radius 1 is 1.26 bits per heavy atom. The summed E-state index contributed by atoms with van der Waals surface area (Å²) < 4.78 is 13.4. The SMILES string of the molecule is CCC(CC)N(CCO)Cc1cc(F)ccc1CN. The van der Waals surface area contributed by atoms with Crippen LogP contribution in [0, 0.1) is 5.82 Å². The molecule has 0 atom stereocenters. The fourth-order valence-electron chi connectivity index (χ4n) is 2.48. The first kappa shape index (κ1) is 16.1. The molecule has 0 saturated carbocycles. The molecule has 108 valence electrons. The van der Waals surface area contributed by atoms with E-state index in [1.807, 2.05) is 0 Å². The van der Waals surface area contributed by atoms with E-state index >= 15 is 0 Å². The Kier molecular flexibility index (Phi) is 6.99. The van der Waals surface area contributed by atoms with E-state index in [-0.39, 0.29) is 12.4 Å². The monoisotopic (exact) mass is 268 g/mol. The van der Waals surface area contributed by atoms with Gasteiger partial charge in [0, 0.05) is 25.7 Å². The van der Waals surface area contributed by atoms with E-state index in [9.17, 15) is 9.50 Å². The van der Waals surface area contributed by atoms with Gasteiger partial charge in [0.25, 0.3) is 0 Å². The van der Waals surface area contributed by atoms with Crippen LogP contribution in [0.3, 0.4) is 0 Å². The lowest BCUT2D eigenvalue weighted by Crippen LogP contribution is -2.36. The van der Waals surface area contributed by atoms with Crippen molar-refractivity contribution in [2.75, 3.05) is 13.2 Å². The molecule has 0 unspecified atom stereocenters. The van der Waals surface area contributed by atoms with Gasteiger partial charge in [-0.25, -0.2) is 4.39 Å². The summed E-state index contributed by atoms with van der Waals surface area (Å²) in [7, 11) is 0. The van der Waals surface area contributed by atoms with Crippen molar-refractivity contribution >= 4 is 0 Å². The first-order valence-corrected chi connectivity index (χ1v) is 6.98. The van der Waals surface area contributed by atoms with Gasteiger partial charge in [-0.1, -0.05) is 19.9 Å². The molecule has 4 heteroatoms. The Hall–Kier alpha value is -0.970. The topological polar surface area (TPSA) is 49.5 Å². The van der Waals surface area contributed by atoms with Gasteiger partial charge < -0.3 is 10.8 Å². The maximum atomic E-state index is 13.4. The average Bonchev–Trinajstić information content (AvgIpc) is 2.40. The molecule has 0 amide bonds. The van der Waals surface area contributed by atoms with E-state index in [2.05, 4.69) is 18.7 Å². The lowest BCUT2D eigenvalue weighted by Gasteiger charge is -2.30. The van der Waals surface area contributed by atoms with Gasteiger partial charge >= 0.3 is 0 Å². The van der Waals surface area contributed by atoms with Crippen molar-refractivity contribution in [3.8, 4) is 0 Å². The van der Waals surface area contributed by atoms with E-state index in [0.29, 0.717) is 25.7 Å². The molecule has 0 aliphatic rings. The van der Waals surface area contributed by atoms with Crippen molar-refractivity contribution in [2.45, 2.75) is 45.8 Å². The minimum absolute atomic E-state index is 0.115. The highest BCUT2D eigenvalue weighted by molar-refractivity contribution is 5.27. The molecule has 0 bridgehead atoms. The van der Waals surface area contributed by atoms with Gasteiger partial charge in [-0.3, -0.25) is 4.90 Å². The van der Waals surface area contributed by atoms with Crippen LogP contribution in [0.25, 0.3) is 0 Å². The summed E-state index contributed by atoms with van der Waals surface area (Å²) in [6, 6.07) is 5.14. The number of benzene rings is 1. The molecule has 1 aromatic carbocycles. The van der Waals surface area contributed by atoms with Crippen LogP contribution >= 0.6 is 0 Å². The second-order valence-electron chi connectivity index (χ2n) is 4.78. The standard InChI is InChI=1S/C15H25FN2O/c1-3-15(4-2)18(7-8-19)11-13-9-14(16)6-5-12(13)10-17/h5-6,9,15,19H,3-4,7-8,10-11,17H2,1-2H3. The summed E-state index contributed by atoms with van der Waals surface area (Å²) in [5.41, 5.74) is 7.59. The first-order chi connectivity index (χ1) is 9.15. The highest BCUT2D eigenvalue weighted by atomic mass is 19.1. The van der Waals surface area contributed by atoms with Crippen LogP contribution in [0.4, 0.5) is 4.39 Å². The van der Waals surface area contributed by atoms with Crippen molar-refractivity contribution in [1.82, 2.24) is 4.90 Å². The lowest BCUT2D eigenvalue weighted by molar-refractivity contribution is 0.136. The largest absolute Gasteiger partial charge is 0.395 e. The Morgan fingerprint density at radius 3 is 2.47 bits per heavy atom. The molecule has 0 aliphatic carbocycles. The zero-order valence-corrected chi connectivity index (χ0v) is 11.9. The van der Waals surface area contributed by atoms with Gasteiger partial charge in [-0.05, 0) is 36.1 Å². The maximum absolute atomic E-state index is 13.4. The second kappa shape index (κ2) is 8.25. The number of hydrogen-bond acceptors (Lipinski definition) is 3. The summed E-state index contributed by atoms with van der Waals surface area (Å²) in [6.07, 6.45) is 2.04. The second-order valence-corrected chi connectivity index (χ2v) is 4.78. The van der Waals surface area contributed by atoms with E-state index in [4.69, 9.17) is 5.73 Å². The molecule has 19 heavy (non-hydrogen) atoms. The van der Waals surface area contributed by atoms with E-state index in [0.717, 1.165) is 24.0 Å². The third-order valence-corrected chi connectivity index (χ3v) is 3.61. The van der Waals surface area contributed by atoms with Gasteiger partial charge in [-0.2, -0.15) is 0 Å². The summed E-state index contributed by atoms with van der Waals surface area (Å²) in [6.45, 7) is 6.03. The minimum atomic E-state index is -0.235. The molecular weight excluding hydrogens is 243 g/mol.